The van der Waals surface area contributed by atoms with E-state index in [9.17, 15) is 14.7 Å². The van der Waals surface area contributed by atoms with Gasteiger partial charge in [-0.15, -0.1) is 0 Å². The van der Waals surface area contributed by atoms with Crippen LogP contribution in [-0.4, -0.2) is 47.7 Å². The molecule has 18 heavy (non-hydrogen) atoms. The second-order valence-corrected chi connectivity index (χ2v) is 4.95. The molecule has 3 atom stereocenters. The van der Waals surface area contributed by atoms with E-state index in [1.165, 1.54) is 0 Å². The molecule has 0 saturated carbocycles. The molecule has 0 aromatic carbocycles. The third kappa shape index (κ3) is 2.56. The molecule has 1 N–H and O–H groups in total. The number of carboxylic acids is 1. The number of carbonyl (C=O) groups excluding carboxylic acids is 1. The fourth-order valence-electron chi connectivity index (χ4n) is 2.63. The quantitative estimate of drug-likeness (QED) is 0.742. The van der Waals surface area contributed by atoms with Crippen molar-refractivity contribution in [1.29, 1.82) is 0 Å². The minimum atomic E-state index is -0.876. The van der Waals surface area contributed by atoms with Gasteiger partial charge in [0.25, 0.3) is 0 Å². The van der Waals surface area contributed by atoms with Crippen LogP contribution in [0.1, 0.15) is 19.8 Å². The standard InChI is InChI=1S/C13H19NO4/c1-9-8-18-7-6-14(9)12(15)10-4-2-3-5-11(10)13(16)17/h2-3,9-11H,4-8H2,1H3,(H,16,17)/t9?,10-,11+/m1/s1. The highest BCUT2D eigenvalue weighted by molar-refractivity contribution is 5.85. The fraction of sp³-hybridized carbons (Fsp3) is 0.692. The normalized spacial score (nSPS) is 32.3. The number of nitrogens with zero attached hydrogens (tertiary/aromatic N) is 1. The highest BCUT2D eigenvalue weighted by Gasteiger charge is 2.38. The first kappa shape index (κ1) is 13.1. The molecular weight excluding hydrogens is 234 g/mol. The van der Waals surface area contributed by atoms with Crippen molar-refractivity contribution < 1.29 is 19.4 Å². The lowest BCUT2D eigenvalue weighted by molar-refractivity contribution is -0.154. The predicted molar refractivity (Wildman–Crippen MR) is 65.0 cm³/mol. The maximum atomic E-state index is 12.5. The van der Waals surface area contributed by atoms with Crippen LogP contribution in [0.4, 0.5) is 0 Å². The summed E-state index contributed by atoms with van der Waals surface area (Å²) >= 11 is 0. The summed E-state index contributed by atoms with van der Waals surface area (Å²) in [5.41, 5.74) is 0. The fourth-order valence-corrected chi connectivity index (χ4v) is 2.63. The van der Waals surface area contributed by atoms with Crippen LogP contribution >= 0.6 is 0 Å². The first-order valence-electron chi connectivity index (χ1n) is 6.37. The monoisotopic (exact) mass is 253 g/mol. The van der Waals surface area contributed by atoms with Crippen molar-refractivity contribution >= 4 is 11.9 Å². The van der Waals surface area contributed by atoms with Crippen LogP contribution < -0.4 is 0 Å². The Labute approximate surface area is 106 Å². The van der Waals surface area contributed by atoms with Gasteiger partial charge in [-0.2, -0.15) is 0 Å². The molecule has 0 bridgehead atoms. The first-order chi connectivity index (χ1) is 8.61. The van der Waals surface area contributed by atoms with E-state index < -0.39 is 17.8 Å². The summed E-state index contributed by atoms with van der Waals surface area (Å²) in [4.78, 5) is 25.4. The number of morpholine rings is 1. The van der Waals surface area contributed by atoms with Gasteiger partial charge >= 0.3 is 5.97 Å². The Balaban J connectivity index is 2.11. The van der Waals surface area contributed by atoms with Crippen LogP contribution in [-0.2, 0) is 14.3 Å². The molecule has 100 valence electrons. The maximum absolute atomic E-state index is 12.5. The van der Waals surface area contributed by atoms with Crippen LogP contribution in [0.3, 0.4) is 0 Å². The average Bonchev–Trinajstić information content (AvgIpc) is 2.38. The van der Waals surface area contributed by atoms with Crippen LogP contribution in [0.5, 0.6) is 0 Å². The molecule has 1 fully saturated rings. The van der Waals surface area contributed by atoms with Crippen LogP contribution in [0.25, 0.3) is 0 Å². The topological polar surface area (TPSA) is 66.8 Å². The predicted octanol–water partition coefficient (Wildman–Crippen LogP) is 0.901. The Morgan fingerprint density at radius 1 is 1.28 bits per heavy atom. The number of carbonyl (C=O) groups is 2. The molecule has 0 aromatic rings. The zero-order valence-electron chi connectivity index (χ0n) is 10.5. The van der Waals surface area contributed by atoms with Gasteiger partial charge in [-0.25, -0.2) is 0 Å². The molecule has 5 nitrogen and oxygen atoms in total. The van der Waals surface area contributed by atoms with Gasteiger partial charge in [-0.3, -0.25) is 9.59 Å². The maximum Gasteiger partial charge on any atom is 0.307 e. The van der Waals surface area contributed by atoms with E-state index in [4.69, 9.17) is 4.74 Å². The smallest absolute Gasteiger partial charge is 0.307 e. The number of allylic oxidation sites excluding steroid dienone is 2. The molecule has 0 spiro atoms. The van der Waals surface area contributed by atoms with E-state index in [-0.39, 0.29) is 11.9 Å². The van der Waals surface area contributed by atoms with Crippen LogP contribution in [0.15, 0.2) is 12.2 Å². The molecule has 0 aromatic heterocycles. The summed E-state index contributed by atoms with van der Waals surface area (Å²) in [6, 6.07) is 0.0339. The van der Waals surface area contributed by atoms with Crippen LogP contribution in [0.2, 0.25) is 0 Å². The zero-order chi connectivity index (χ0) is 13.1. The second-order valence-electron chi connectivity index (χ2n) is 4.95. The highest BCUT2D eigenvalue weighted by atomic mass is 16.5. The molecule has 1 aliphatic carbocycles. The number of amides is 1. The minimum Gasteiger partial charge on any atom is -0.481 e. The van der Waals surface area contributed by atoms with Crippen molar-refractivity contribution in [2.24, 2.45) is 11.8 Å². The van der Waals surface area contributed by atoms with Crippen molar-refractivity contribution in [3.8, 4) is 0 Å². The van der Waals surface area contributed by atoms with Gasteiger partial charge in [0.1, 0.15) is 0 Å². The Kier molecular flexibility index (Phi) is 4.01. The molecule has 1 unspecified atom stereocenters. The SMILES string of the molecule is CC1COCCN1C(=O)[C@@H]1CC=CC[C@@H]1C(=O)O. The number of ether oxygens (including phenoxy) is 1. The van der Waals surface area contributed by atoms with E-state index in [0.29, 0.717) is 32.6 Å². The van der Waals surface area contributed by atoms with E-state index in [1.807, 2.05) is 19.1 Å². The molecule has 1 heterocycles. The summed E-state index contributed by atoms with van der Waals surface area (Å²) in [5.74, 6) is -1.92. The molecule has 5 heteroatoms. The van der Waals surface area contributed by atoms with Gasteiger partial charge in [0.2, 0.25) is 5.91 Å². The van der Waals surface area contributed by atoms with Gasteiger partial charge in [0.15, 0.2) is 0 Å². The third-order valence-corrected chi connectivity index (χ3v) is 3.72. The second kappa shape index (κ2) is 5.52. The van der Waals surface area contributed by atoms with Crippen molar-refractivity contribution in [2.75, 3.05) is 19.8 Å². The number of rotatable bonds is 2. The lowest BCUT2D eigenvalue weighted by atomic mass is 9.82. The van der Waals surface area contributed by atoms with Gasteiger partial charge in [0, 0.05) is 6.54 Å². The van der Waals surface area contributed by atoms with Gasteiger partial charge in [0.05, 0.1) is 31.1 Å². The Morgan fingerprint density at radius 3 is 2.56 bits per heavy atom. The number of hydrogen-bond acceptors (Lipinski definition) is 3. The number of aliphatic carboxylic acids is 1. The molecule has 1 aliphatic heterocycles. The largest absolute Gasteiger partial charge is 0.481 e. The Hall–Kier alpha value is -1.36. The van der Waals surface area contributed by atoms with Crippen molar-refractivity contribution in [2.45, 2.75) is 25.8 Å². The zero-order valence-corrected chi connectivity index (χ0v) is 10.5. The lowest BCUT2D eigenvalue weighted by Gasteiger charge is -2.37. The van der Waals surface area contributed by atoms with Crippen molar-refractivity contribution in [3.63, 3.8) is 0 Å². The average molecular weight is 253 g/mol. The van der Waals surface area contributed by atoms with E-state index in [1.54, 1.807) is 4.90 Å². The molecule has 2 aliphatic rings. The van der Waals surface area contributed by atoms with Crippen molar-refractivity contribution in [3.05, 3.63) is 12.2 Å². The van der Waals surface area contributed by atoms with Gasteiger partial charge in [-0.1, -0.05) is 12.2 Å². The molecule has 1 saturated heterocycles. The first-order valence-corrected chi connectivity index (χ1v) is 6.37. The van der Waals surface area contributed by atoms with Crippen LogP contribution in [0, 0.1) is 11.8 Å². The number of hydrogen-bond donors (Lipinski definition) is 1. The summed E-state index contributed by atoms with van der Waals surface area (Å²) in [7, 11) is 0. The Morgan fingerprint density at radius 2 is 1.94 bits per heavy atom. The van der Waals surface area contributed by atoms with E-state index in [0.717, 1.165) is 0 Å². The van der Waals surface area contributed by atoms with E-state index in [2.05, 4.69) is 0 Å². The molecular formula is C13H19NO4. The molecule has 0 radical (unpaired) electrons. The van der Waals surface area contributed by atoms with Gasteiger partial charge < -0.3 is 14.7 Å². The molecule has 2 rings (SSSR count). The van der Waals surface area contributed by atoms with Gasteiger partial charge in [-0.05, 0) is 19.8 Å². The lowest BCUT2D eigenvalue weighted by Crippen LogP contribution is -2.51. The minimum absolute atomic E-state index is 0.0339. The Bertz CT molecular complexity index is 366. The third-order valence-electron chi connectivity index (χ3n) is 3.72. The van der Waals surface area contributed by atoms with E-state index >= 15 is 0 Å². The summed E-state index contributed by atoms with van der Waals surface area (Å²) < 4.78 is 5.30. The number of carboxylic acid groups (broad SMARTS) is 1. The van der Waals surface area contributed by atoms with Crippen molar-refractivity contribution in [1.82, 2.24) is 4.90 Å². The summed E-state index contributed by atoms with van der Waals surface area (Å²) in [5, 5.41) is 9.19. The summed E-state index contributed by atoms with van der Waals surface area (Å²) in [6.45, 7) is 3.57. The summed E-state index contributed by atoms with van der Waals surface area (Å²) in [6.07, 6.45) is 4.74. The highest BCUT2D eigenvalue weighted by Crippen LogP contribution is 2.28. The molecule has 1 amide bonds.